The SMILES string of the molecule is C=CC1=CCC(C)C(CCN(CC)CCO)C=C1. The molecule has 18 heavy (non-hydrogen) atoms. The number of aliphatic hydroxyl groups excluding tert-OH is 1. The Kier molecular flexibility index (Phi) is 6.99. The van der Waals surface area contributed by atoms with Crippen molar-refractivity contribution < 1.29 is 5.11 Å². The Hall–Kier alpha value is -0.860. The van der Waals surface area contributed by atoms with Crippen molar-refractivity contribution in [2.45, 2.75) is 26.7 Å². The first-order valence-electron chi connectivity index (χ1n) is 7.05. The average Bonchev–Trinajstić information content (AvgIpc) is 2.57. The van der Waals surface area contributed by atoms with Crippen molar-refractivity contribution >= 4 is 0 Å². The van der Waals surface area contributed by atoms with E-state index in [4.69, 9.17) is 5.11 Å². The molecule has 0 heterocycles. The largest absolute Gasteiger partial charge is 0.395 e. The van der Waals surface area contributed by atoms with E-state index in [1.807, 2.05) is 6.08 Å². The number of hydrogen-bond donors (Lipinski definition) is 1. The smallest absolute Gasteiger partial charge is 0.0558 e. The van der Waals surface area contributed by atoms with E-state index in [-0.39, 0.29) is 6.61 Å². The summed E-state index contributed by atoms with van der Waals surface area (Å²) in [6.07, 6.45) is 11.0. The third-order valence-electron chi connectivity index (χ3n) is 3.87. The van der Waals surface area contributed by atoms with Gasteiger partial charge in [0.25, 0.3) is 0 Å². The van der Waals surface area contributed by atoms with Crippen LogP contribution in [0.5, 0.6) is 0 Å². The van der Waals surface area contributed by atoms with Gasteiger partial charge in [-0.25, -0.2) is 0 Å². The molecule has 2 heteroatoms. The van der Waals surface area contributed by atoms with E-state index < -0.39 is 0 Å². The number of aliphatic hydroxyl groups is 1. The predicted octanol–water partition coefficient (Wildman–Crippen LogP) is 3.02. The predicted molar refractivity (Wildman–Crippen MR) is 78.5 cm³/mol. The maximum Gasteiger partial charge on any atom is 0.0558 e. The Balaban J connectivity index is 2.48. The third kappa shape index (κ3) is 4.79. The number of hydrogen-bond acceptors (Lipinski definition) is 2. The van der Waals surface area contributed by atoms with Crippen LogP contribution in [-0.4, -0.2) is 36.2 Å². The minimum atomic E-state index is 0.256. The van der Waals surface area contributed by atoms with Crippen molar-refractivity contribution in [3.63, 3.8) is 0 Å². The van der Waals surface area contributed by atoms with Crippen LogP contribution in [0.4, 0.5) is 0 Å². The van der Waals surface area contributed by atoms with Crippen LogP contribution in [0, 0.1) is 11.8 Å². The highest BCUT2D eigenvalue weighted by atomic mass is 16.3. The molecule has 1 aliphatic rings. The molecule has 1 N–H and O–H groups in total. The monoisotopic (exact) mass is 249 g/mol. The molecule has 0 aromatic heterocycles. The second-order valence-corrected chi connectivity index (χ2v) is 5.09. The second-order valence-electron chi connectivity index (χ2n) is 5.09. The van der Waals surface area contributed by atoms with Gasteiger partial charge in [0.15, 0.2) is 0 Å². The lowest BCUT2D eigenvalue weighted by molar-refractivity contribution is 0.191. The number of allylic oxidation sites excluding steroid dienone is 5. The van der Waals surface area contributed by atoms with Crippen LogP contribution in [0.2, 0.25) is 0 Å². The van der Waals surface area contributed by atoms with Crippen molar-refractivity contribution in [3.05, 3.63) is 36.5 Å². The van der Waals surface area contributed by atoms with Crippen LogP contribution in [0.1, 0.15) is 26.7 Å². The van der Waals surface area contributed by atoms with Crippen molar-refractivity contribution in [2.24, 2.45) is 11.8 Å². The van der Waals surface area contributed by atoms with Gasteiger partial charge in [0.1, 0.15) is 0 Å². The topological polar surface area (TPSA) is 23.5 Å². The molecular weight excluding hydrogens is 222 g/mol. The van der Waals surface area contributed by atoms with Gasteiger partial charge in [0, 0.05) is 6.54 Å². The molecule has 0 fully saturated rings. The molecule has 102 valence electrons. The van der Waals surface area contributed by atoms with E-state index in [1.54, 1.807) is 0 Å². The van der Waals surface area contributed by atoms with E-state index in [0.717, 1.165) is 26.1 Å². The van der Waals surface area contributed by atoms with Gasteiger partial charge in [-0.3, -0.25) is 0 Å². The Labute approximate surface area is 112 Å². The molecule has 0 aromatic carbocycles. The number of nitrogens with zero attached hydrogens (tertiary/aromatic N) is 1. The molecule has 0 saturated heterocycles. The van der Waals surface area contributed by atoms with Crippen LogP contribution < -0.4 is 0 Å². The van der Waals surface area contributed by atoms with Gasteiger partial charge in [-0.15, -0.1) is 0 Å². The van der Waals surface area contributed by atoms with Crippen molar-refractivity contribution in [1.82, 2.24) is 4.90 Å². The van der Waals surface area contributed by atoms with Gasteiger partial charge in [0.2, 0.25) is 0 Å². The minimum absolute atomic E-state index is 0.256. The van der Waals surface area contributed by atoms with Gasteiger partial charge < -0.3 is 10.0 Å². The fourth-order valence-electron chi connectivity index (χ4n) is 2.42. The van der Waals surface area contributed by atoms with Crippen molar-refractivity contribution in [3.8, 4) is 0 Å². The Bertz CT molecular complexity index is 306. The summed E-state index contributed by atoms with van der Waals surface area (Å²) >= 11 is 0. The summed E-state index contributed by atoms with van der Waals surface area (Å²) in [5, 5.41) is 8.99. The molecule has 2 nitrogen and oxygen atoms in total. The maximum absolute atomic E-state index is 8.99. The van der Waals surface area contributed by atoms with E-state index >= 15 is 0 Å². The van der Waals surface area contributed by atoms with Crippen LogP contribution in [0.25, 0.3) is 0 Å². The van der Waals surface area contributed by atoms with Gasteiger partial charge in [-0.2, -0.15) is 0 Å². The normalized spacial score (nSPS) is 23.9. The highest BCUT2D eigenvalue weighted by Crippen LogP contribution is 2.26. The van der Waals surface area contributed by atoms with Crippen LogP contribution in [-0.2, 0) is 0 Å². The van der Waals surface area contributed by atoms with Gasteiger partial charge in [0.05, 0.1) is 6.61 Å². The van der Waals surface area contributed by atoms with Crippen LogP contribution >= 0.6 is 0 Å². The lowest BCUT2D eigenvalue weighted by atomic mass is 9.89. The Morgan fingerprint density at radius 3 is 2.89 bits per heavy atom. The summed E-state index contributed by atoms with van der Waals surface area (Å²) in [5.74, 6) is 1.32. The molecule has 1 aliphatic carbocycles. The molecule has 0 bridgehead atoms. The van der Waals surface area contributed by atoms with E-state index in [1.165, 1.54) is 12.0 Å². The van der Waals surface area contributed by atoms with Crippen LogP contribution in [0.15, 0.2) is 36.5 Å². The average molecular weight is 249 g/mol. The molecule has 1 rings (SSSR count). The Morgan fingerprint density at radius 1 is 1.50 bits per heavy atom. The number of rotatable bonds is 7. The van der Waals surface area contributed by atoms with Crippen molar-refractivity contribution in [1.29, 1.82) is 0 Å². The molecule has 0 aromatic rings. The zero-order valence-corrected chi connectivity index (χ0v) is 11.8. The summed E-state index contributed by atoms with van der Waals surface area (Å²) in [6.45, 7) is 11.4. The fraction of sp³-hybridized carbons (Fsp3) is 0.625. The first-order valence-corrected chi connectivity index (χ1v) is 7.05. The molecule has 0 aliphatic heterocycles. The van der Waals surface area contributed by atoms with Gasteiger partial charge in [-0.05, 0) is 43.3 Å². The summed E-state index contributed by atoms with van der Waals surface area (Å²) < 4.78 is 0. The summed E-state index contributed by atoms with van der Waals surface area (Å²) in [4.78, 5) is 2.31. The maximum atomic E-state index is 8.99. The highest BCUT2D eigenvalue weighted by molar-refractivity contribution is 5.30. The third-order valence-corrected chi connectivity index (χ3v) is 3.87. The summed E-state index contributed by atoms with van der Waals surface area (Å²) in [6, 6.07) is 0. The first-order chi connectivity index (χ1) is 8.71. The summed E-state index contributed by atoms with van der Waals surface area (Å²) in [7, 11) is 0. The lowest BCUT2D eigenvalue weighted by Crippen LogP contribution is -2.29. The molecule has 2 unspecified atom stereocenters. The Morgan fingerprint density at radius 2 is 2.28 bits per heavy atom. The standard InChI is InChI=1S/C16H27NO/c1-4-15-7-6-14(3)16(9-8-15)10-11-17(5-2)12-13-18/h4,7-9,14,16,18H,1,5-6,10-13H2,2-3H3. The quantitative estimate of drug-likeness (QED) is 0.749. The molecule has 0 saturated carbocycles. The van der Waals surface area contributed by atoms with E-state index in [9.17, 15) is 0 Å². The highest BCUT2D eigenvalue weighted by Gasteiger charge is 2.16. The zero-order valence-electron chi connectivity index (χ0n) is 11.8. The molecule has 0 spiro atoms. The summed E-state index contributed by atoms with van der Waals surface area (Å²) in [5.41, 5.74) is 1.24. The van der Waals surface area contributed by atoms with Gasteiger partial charge in [-0.1, -0.05) is 44.7 Å². The fourth-order valence-corrected chi connectivity index (χ4v) is 2.42. The lowest BCUT2D eigenvalue weighted by Gasteiger charge is -2.24. The molecule has 2 atom stereocenters. The minimum Gasteiger partial charge on any atom is -0.395 e. The van der Waals surface area contributed by atoms with Crippen LogP contribution in [0.3, 0.4) is 0 Å². The molecule has 0 amide bonds. The molecule has 0 radical (unpaired) electrons. The molecular formula is C16H27NO. The second kappa shape index (κ2) is 8.28. The first kappa shape index (κ1) is 15.2. The van der Waals surface area contributed by atoms with Gasteiger partial charge >= 0.3 is 0 Å². The zero-order chi connectivity index (χ0) is 13.4. The number of likely N-dealkylation sites (N-methyl/N-ethyl adjacent to an activating group) is 1. The van der Waals surface area contributed by atoms with Crippen molar-refractivity contribution in [2.75, 3.05) is 26.2 Å². The van der Waals surface area contributed by atoms with E-state index in [0.29, 0.717) is 11.8 Å². The van der Waals surface area contributed by atoms with E-state index in [2.05, 4.69) is 43.6 Å².